The summed E-state index contributed by atoms with van der Waals surface area (Å²) >= 11 is 0. The lowest BCUT2D eigenvalue weighted by Gasteiger charge is -2.20. The molecule has 114 valence electrons. The predicted molar refractivity (Wildman–Crippen MR) is 76.4 cm³/mol. The van der Waals surface area contributed by atoms with E-state index in [2.05, 4.69) is 26.1 Å². The predicted octanol–water partition coefficient (Wildman–Crippen LogP) is 2.10. The van der Waals surface area contributed by atoms with Crippen molar-refractivity contribution >= 4 is 0 Å². The minimum atomic E-state index is -0.315. The second-order valence-corrected chi connectivity index (χ2v) is 5.58. The van der Waals surface area contributed by atoms with Gasteiger partial charge in [0, 0.05) is 18.2 Å². The van der Waals surface area contributed by atoms with Gasteiger partial charge >= 0.3 is 0 Å². The zero-order valence-electron chi connectivity index (χ0n) is 12.4. The fraction of sp³-hybridized carbons (Fsp3) is 0.600. The normalized spacial score (nSPS) is 11.7. The summed E-state index contributed by atoms with van der Waals surface area (Å²) in [5, 5.41) is 11.9. The zero-order chi connectivity index (χ0) is 15.0. The molecule has 0 atom stereocenters. The van der Waals surface area contributed by atoms with Crippen LogP contribution in [0, 0.1) is 5.82 Å². The van der Waals surface area contributed by atoms with Crippen molar-refractivity contribution in [1.82, 2.24) is 5.32 Å². The van der Waals surface area contributed by atoms with Crippen LogP contribution in [0.5, 0.6) is 5.75 Å². The first kappa shape index (κ1) is 16.9. The highest BCUT2D eigenvalue weighted by molar-refractivity contribution is 5.29. The smallest absolute Gasteiger partial charge is 0.127 e. The minimum Gasteiger partial charge on any atom is -0.491 e. The van der Waals surface area contributed by atoms with E-state index in [1.807, 2.05) is 6.07 Å². The monoisotopic (exact) mass is 285 g/mol. The number of hydrogen-bond acceptors (Lipinski definition) is 4. The Kier molecular flexibility index (Phi) is 6.91. The molecule has 0 aliphatic heterocycles. The Bertz CT molecular complexity index is 405. The Balaban J connectivity index is 2.49. The van der Waals surface area contributed by atoms with E-state index in [1.165, 1.54) is 12.1 Å². The number of aliphatic hydroxyl groups is 1. The molecule has 1 rings (SSSR count). The molecule has 0 heterocycles. The van der Waals surface area contributed by atoms with Crippen LogP contribution in [0.3, 0.4) is 0 Å². The van der Waals surface area contributed by atoms with Crippen LogP contribution >= 0.6 is 0 Å². The van der Waals surface area contributed by atoms with Crippen LogP contribution in [-0.4, -0.2) is 37.1 Å². The molecule has 0 radical (unpaired) electrons. The molecule has 0 saturated carbocycles. The number of aliphatic hydroxyl groups excluding tert-OH is 1. The highest BCUT2D eigenvalue weighted by Gasteiger charge is 2.09. The molecule has 0 aliphatic rings. The van der Waals surface area contributed by atoms with Crippen LogP contribution in [0.15, 0.2) is 18.2 Å². The van der Waals surface area contributed by atoms with Crippen molar-refractivity contribution in [3.8, 4) is 5.75 Å². The number of ether oxygens (including phenoxy) is 2. The van der Waals surface area contributed by atoms with E-state index in [0.29, 0.717) is 25.5 Å². The quantitative estimate of drug-likeness (QED) is 0.718. The molecule has 0 spiro atoms. The summed E-state index contributed by atoms with van der Waals surface area (Å²) in [5.41, 5.74) is 0.817. The van der Waals surface area contributed by atoms with Gasteiger partial charge in [-0.25, -0.2) is 4.39 Å². The summed E-state index contributed by atoms with van der Waals surface area (Å²) in [4.78, 5) is 0. The van der Waals surface area contributed by atoms with E-state index in [0.717, 1.165) is 5.56 Å². The molecular formula is C15H24FNO3. The maximum absolute atomic E-state index is 13.5. The fourth-order valence-corrected chi connectivity index (χ4v) is 1.56. The van der Waals surface area contributed by atoms with Crippen LogP contribution in [0.2, 0.25) is 0 Å². The van der Waals surface area contributed by atoms with E-state index in [1.54, 1.807) is 0 Å². The molecule has 0 saturated heterocycles. The molecule has 0 amide bonds. The first-order chi connectivity index (χ1) is 9.40. The van der Waals surface area contributed by atoms with E-state index in [-0.39, 0.29) is 24.6 Å². The first-order valence-electron chi connectivity index (χ1n) is 6.76. The van der Waals surface area contributed by atoms with Gasteiger partial charge in [-0.3, -0.25) is 0 Å². The van der Waals surface area contributed by atoms with Gasteiger partial charge < -0.3 is 19.9 Å². The van der Waals surface area contributed by atoms with Gasteiger partial charge in [-0.1, -0.05) is 0 Å². The van der Waals surface area contributed by atoms with E-state index >= 15 is 0 Å². The largest absolute Gasteiger partial charge is 0.491 e. The van der Waals surface area contributed by atoms with Crippen molar-refractivity contribution < 1.29 is 19.0 Å². The summed E-state index contributed by atoms with van der Waals surface area (Å²) in [6.07, 6.45) is 0. The van der Waals surface area contributed by atoms with Crippen LogP contribution in [0.1, 0.15) is 26.3 Å². The van der Waals surface area contributed by atoms with Crippen molar-refractivity contribution in [3.05, 3.63) is 29.6 Å². The number of rotatable bonds is 8. The Morgan fingerprint density at radius 1 is 1.15 bits per heavy atom. The average Bonchev–Trinajstić information content (AvgIpc) is 2.35. The van der Waals surface area contributed by atoms with Gasteiger partial charge in [0.15, 0.2) is 0 Å². The molecule has 20 heavy (non-hydrogen) atoms. The van der Waals surface area contributed by atoms with Gasteiger partial charge in [-0.05, 0) is 38.5 Å². The average molecular weight is 285 g/mol. The number of benzene rings is 1. The maximum Gasteiger partial charge on any atom is 0.127 e. The number of halogens is 1. The van der Waals surface area contributed by atoms with Gasteiger partial charge in [0.1, 0.15) is 18.2 Å². The lowest BCUT2D eigenvalue weighted by molar-refractivity contribution is 0.0704. The van der Waals surface area contributed by atoms with Gasteiger partial charge in [-0.15, -0.1) is 0 Å². The zero-order valence-corrected chi connectivity index (χ0v) is 12.4. The Morgan fingerprint density at radius 3 is 2.55 bits per heavy atom. The molecule has 2 N–H and O–H groups in total. The number of nitrogens with one attached hydrogen (secondary N) is 1. The molecule has 1 aromatic rings. The van der Waals surface area contributed by atoms with Crippen molar-refractivity contribution in [2.75, 3.05) is 26.4 Å². The van der Waals surface area contributed by atoms with Crippen molar-refractivity contribution in [2.24, 2.45) is 0 Å². The van der Waals surface area contributed by atoms with Gasteiger partial charge in [-0.2, -0.15) is 0 Å². The van der Waals surface area contributed by atoms with Crippen LogP contribution in [-0.2, 0) is 11.3 Å². The van der Waals surface area contributed by atoms with Crippen molar-refractivity contribution in [2.45, 2.75) is 32.9 Å². The molecule has 0 aliphatic carbocycles. The molecule has 0 unspecified atom stereocenters. The molecule has 5 heteroatoms. The summed E-state index contributed by atoms with van der Waals surface area (Å²) in [6, 6.07) is 4.66. The van der Waals surface area contributed by atoms with Crippen molar-refractivity contribution in [1.29, 1.82) is 0 Å². The Labute approximate surface area is 119 Å². The van der Waals surface area contributed by atoms with E-state index in [9.17, 15) is 4.39 Å². The molecule has 0 bridgehead atoms. The third-order valence-electron chi connectivity index (χ3n) is 2.49. The van der Waals surface area contributed by atoms with Crippen LogP contribution in [0.4, 0.5) is 4.39 Å². The lowest BCUT2D eigenvalue weighted by Crippen LogP contribution is -2.35. The van der Waals surface area contributed by atoms with E-state index < -0.39 is 0 Å². The number of hydrogen-bond donors (Lipinski definition) is 2. The topological polar surface area (TPSA) is 50.7 Å². The van der Waals surface area contributed by atoms with Crippen LogP contribution in [0.25, 0.3) is 0 Å². The van der Waals surface area contributed by atoms with E-state index in [4.69, 9.17) is 14.6 Å². The van der Waals surface area contributed by atoms with Gasteiger partial charge in [0.05, 0.1) is 19.8 Å². The fourth-order valence-electron chi connectivity index (χ4n) is 1.56. The highest BCUT2D eigenvalue weighted by Crippen LogP contribution is 2.17. The summed E-state index contributed by atoms with van der Waals surface area (Å²) in [7, 11) is 0. The minimum absolute atomic E-state index is 0.0113. The Morgan fingerprint density at radius 2 is 1.90 bits per heavy atom. The molecule has 0 fully saturated rings. The molecular weight excluding hydrogens is 261 g/mol. The summed E-state index contributed by atoms with van der Waals surface area (Å²) in [6.45, 7) is 7.73. The SMILES string of the molecule is CC(C)(C)NCc1cc(F)cc(OCCOCCO)c1. The van der Waals surface area contributed by atoms with Gasteiger partial charge in [0.2, 0.25) is 0 Å². The van der Waals surface area contributed by atoms with Crippen LogP contribution < -0.4 is 10.1 Å². The summed E-state index contributed by atoms with van der Waals surface area (Å²) in [5.74, 6) is 0.174. The molecule has 4 nitrogen and oxygen atoms in total. The second-order valence-electron chi connectivity index (χ2n) is 5.58. The standard InChI is InChI=1S/C15H24FNO3/c1-15(2,3)17-11-12-8-13(16)10-14(9-12)20-7-6-19-5-4-18/h8-10,17-18H,4-7,11H2,1-3H3. The molecule has 0 aromatic heterocycles. The van der Waals surface area contributed by atoms with Gasteiger partial charge in [0.25, 0.3) is 0 Å². The van der Waals surface area contributed by atoms with Crippen molar-refractivity contribution in [3.63, 3.8) is 0 Å². The first-order valence-corrected chi connectivity index (χ1v) is 6.76. The second kappa shape index (κ2) is 8.19. The molecule has 1 aromatic carbocycles. The lowest BCUT2D eigenvalue weighted by atomic mass is 10.1. The third kappa shape index (κ3) is 7.43. The Hall–Kier alpha value is -1.17. The third-order valence-corrected chi connectivity index (χ3v) is 2.49. The highest BCUT2D eigenvalue weighted by atomic mass is 19.1. The summed E-state index contributed by atoms with van der Waals surface area (Å²) < 4.78 is 24.0. The maximum atomic E-state index is 13.5.